The van der Waals surface area contributed by atoms with Crippen LogP contribution in [0.3, 0.4) is 0 Å². The number of anilines is 1. The van der Waals surface area contributed by atoms with Crippen LogP contribution in [0.4, 0.5) is 5.69 Å². The first kappa shape index (κ1) is 20.9. The summed E-state index contributed by atoms with van der Waals surface area (Å²) in [5, 5.41) is 4.18. The van der Waals surface area contributed by atoms with E-state index in [9.17, 15) is 9.59 Å². The minimum atomic E-state index is -0.281. The quantitative estimate of drug-likeness (QED) is 0.458. The molecule has 0 radical (unpaired) electrons. The molecule has 1 aliphatic rings. The second-order valence-electron chi connectivity index (χ2n) is 8.25. The van der Waals surface area contributed by atoms with Gasteiger partial charge in [0.25, 0.3) is 11.9 Å². The number of rotatable bonds is 5. The van der Waals surface area contributed by atoms with E-state index in [1.807, 2.05) is 42.5 Å². The number of carbonyl (C=O) groups is 2. The number of carbonyl (C=O) groups excluding carboxylic acids is 2. The molecule has 4 aromatic rings. The van der Waals surface area contributed by atoms with Gasteiger partial charge in [0, 0.05) is 47.0 Å². The lowest BCUT2D eigenvalue weighted by Gasteiger charge is -2.31. The maximum atomic E-state index is 13.0. The van der Waals surface area contributed by atoms with Gasteiger partial charge in [-0.1, -0.05) is 30.3 Å². The molecule has 1 saturated heterocycles. The Morgan fingerprint density at radius 2 is 1.97 bits per heavy atom. The molecule has 1 fully saturated rings. The fraction of sp³-hybridized carbons (Fsp3) is 0.231. The van der Waals surface area contributed by atoms with Gasteiger partial charge in [0.1, 0.15) is 0 Å². The molecule has 5 rings (SSSR count). The molecule has 7 heteroatoms. The summed E-state index contributed by atoms with van der Waals surface area (Å²) < 4.78 is 10.4. The summed E-state index contributed by atoms with van der Waals surface area (Å²) in [6, 6.07) is 21.2. The number of methoxy groups -OCH3 is 1. The van der Waals surface area contributed by atoms with Gasteiger partial charge in [-0.2, -0.15) is 0 Å². The summed E-state index contributed by atoms with van der Waals surface area (Å²) in [5.74, 6) is -0.0790. The Bertz CT molecular complexity index is 1270. The number of aromatic nitrogens is 1. The van der Waals surface area contributed by atoms with Gasteiger partial charge in [0.2, 0.25) is 5.91 Å². The van der Waals surface area contributed by atoms with Crippen molar-refractivity contribution in [2.24, 2.45) is 5.92 Å². The van der Waals surface area contributed by atoms with Crippen molar-refractivity contribution in [2.45, 2.75) is 12.8 Å². The largest absolute Gasteiger partial charge is 0.468 e. The van der Waals surface area contributed by atoms with Gasteiger partial charge in [-0.05, 0) is 43.2 Å². The Balaban J connectivity index is 1.27. The molecule has 0 unspecified atom stereocenters. The van der Waals surface area contributed by atoms with Crippen molar-refractivity contribution in [1.29, 1.82) is 0 Å². The summed E-state index contributed by atoms with van der Waals surface area (Å²) in [7, 11) is 1.49. The predicted molar refractivity (Wildman–Crippen MR) is 126 cm³/mol. The second kappa shape index (κ2) is 8.86. The van der Waals surface area contributed by atoms with Gasteiger partial charge < -0.3 is 24.4 Å². The molecule has 0 aliphatic carbocycles. The molecule has 0 saturated carbocycles. The number of ether oxygens (including phenoxy) is 1. The van der Waals surface area contributed by atoms with E-state index in [4.69, 9.17) is 9.15 Å². The van der Waals surface area contributed by atoms with E-state index in [-0.39, 0.29) is 23.5 Å². The van der Waals surface area contributed by atoms with Crippen LogP contribution in [0.2, 0.25) is 0 Å². The number of nitrogens with one attached hydrogen (secondary N) is 2. The van der Waals surface area contributed by atoms with E-state index >= 15 is 0 Å². The van der Waals surface area contributed by atoms with Crippen LogP contribution in [-0.2, 0) is 4.79 Å². The third kappa shape index (κ3) is 4.35. The topological polar surface area (TPSA) is 87.6 Å². The Hall–Kier alpha value is -4.00. The zero-order valence-electron chi connectivity index (χ0n) is 18.3. The van der Waals surface area contributed by atoms with Crippen LogP contribution in [0.1, 0.15) is 23.4 Å². The summed E-state index contributed by atoms with van der Waals surface area (Å²) in [6.45, 7) is 0.955. The Morgan fingerprint density at radius 3 is 2.79 bits per heavy atom. The third-order valence-corrected chi connectivity index (χ3v) is 6.04. The fourth-order valence-electron chi connectivity index (χ4n) is 4.31. The van der Waals surface area contributed by atoms with Gasteiger partial charge in [0.15, 0.2) is 5.76 Å². The zero-order valence-corrected chi connectivity index (χ0v) is 18.3. The lowest BCUT2D eigenvalue weighted by Crippen LogP contribution is -2.43. The van der Waals surface area contributed by atoms with E-state index < -0.39 is 0 Å². The molecule has 168 valence electrons. The fourth-order valence-corrected chi connectivity index (χ4v) is 4.31. The van der Waals surface area contributed by atoms with Crippen LogP contribution < -0.4 is 10.1 Å². The van der Waals surface area contributed by atoms with Gasteiger partial charge in [-0.25, -0.2) is 0 Å². The first-order valence-corrected chi connectivity index (χ1v) is 11.0. The van der Waals surface area contributed by atoms with Gasteiger partial charge in [-0.15, -0.1) is 0 Å². The van der Waals surface area contributed by atoms with Crippen molar-refractivity contribution in [1.82, 2.24) is 9.88 Å². The monoisotopic (exact) mass is 443 g/mol. The highest BCUT2D eigenvalue weighted by atomic mass is 16.6. The SMILES string of the molecule is COc1ccc(C(=O)N2CCC[C@@H](C(=O)Nc3cccc(-c4cc5ccccc5[nH]4)c3)C2)o1. The Kier molecular flexibility index (Phi) is 5.60. The summed E-state index contributed by atoms with van der Waals surface area (Å²) >= 11 is 0. The Morgan fingerprint density at radius 1 is 1.09 bits per heavy atom. The number of hydrogen-bond donors (Lipinski definition) is 2. The van der Waals surface area contributed by atoms with Crippen LogP contribution in [0.25, 0.3) is 22.2 Å². The van der Waals surface area contributed by atoms with E-state index in [1.165, 1.54) is 7.11 Å². The van der Waals surface area contributed by atoms with Crippen LogP contribution in [-0.4, -0.2) is 41.9 Å². The average Bonchev–Trinajstić information content (AvgIpc) is 3.51. The Labute approximate surface area is 191 Å². The highest BCUT2D eigenvalue weighted by Crippen LogP contribution is 2.27. The molecule has 2 aromatic heterocycles. The second-order valence-corrected chi connectivity index (χ2v) is 8.25. The number of para-hydroxylation sites is 1. The van der Waals surface area contributed by atoms with E-state index in [0.717, 1.165) is 40.7 Å². The smallest absolute Gasteiger partial charge is 0.289 e. The van der Waals surface area contributed by atoms with Crippen LogP contribution in [0.5, 0.6) is 5.95 Å². The summed E-state index contributed by atoms with van der Waals surface area (Å²) in [6.07, 6.45) is 1.50. The number of furan rings is 1. The molecule has 1 aliphatic heterocycles. The van der Waals surface area contributed by atoms with Crippen molar-refractivity contribution in [2.75, 3.05) is 25.5 Å². The number of hydrogen-bond acceptors (Lipinski definition) is 4. The molecule has 2 N–H and O–H groups in total. The summed E-state index contributed by atoms with van der Waals surface area (Å²) in [5.41, 5.74) is 3.80. The minimum Gasteiger partial charge on any atom is -0.468 e. The zero-order chi connectivity index (χ0) is 22.8. The maximum absolute atomic E-state index is 13.0. The maximum Gasteiger partial charge on any atom is 0.289 e. The molecule has 2 aromatic carbocycles. The standard InChI is InChI=1S/C26H25N3O4/c1-32-24-12-11-23(33-24)26(31)29-13-5-8-19(16-29)25(30)27-20-9-4-7-17(14-20)22-15-18-6-2-3-10-21(18)28-22/h2-4,6-7,9-12,14-15,19,28H,5,8,13,16H2,1H3,(H,27,30)/t19-/m1/s1. The number of aromatic amines is 1. The van der Waals surface area contributed by atoms with Crippen molar-refractivity contribution in [3.63, 3.8) is 0 Å². The van der Waals surface area contributed by atoms with Crippen molar-refractivity contribution >= 4 is 28.4 Å². The minimum absolute atomic E-state index is 0.0849. The van der Waals surface area contributed by atoms with E-state index in [0.29, 0.717) is 19.0 Å². The van der Waals surface area contributed by atoms with Crippen molar-refractivity contribution in [3.8, 4) is 17.2 Å². The number of nitrogens with zero attached hydrogens (tertiary/aromatic N) is 1. The first-order chi connectivity index (χ1) is 16.1. The average molecular weight is 444 g/mol. The van der Waals surface area contributed by atoms with Crippen LogP contribution >= 0.6 is 0 Å². The summed E-state index contributed by atoms with van der Waals surface area (Å²) in [4.78, 5) is 30.9. The van der Waals surface area contributed by atoms with Crippen LogP contribution in [0, 0.1) is 5.92 Å². The van der Waals surface area contributed by atoms with Crippen LogP contribution in [0.15, 0.2) is 71.1 Å². The van der Waals surface area contributed by atoms with Gasteiger partial charge in [-0.3, -0.25) is 9.59 Å². The lowest BCUT2D eigenvalue weighted by atomic mass is 9.96. The molecular weight excluding hydrogens is 418 g/mol. The number of benzene rings is 2. The molecular formula is C26H25N3O4. The molecule has 0 bridgehead atoms. The number of H-pyrrole nitrogens is 1. The van der Waals surface area contributed by atoms with Crippen molar-refractivity contribution in [3.05, 3.63) is 72.5 Å². The van der Waals surface area contributed by atoms with Crippen molar-refractivity contribution < 1.29 is 18.7 Å². The molecule has 7 nitrogen and oxygen atoms in total. The normalized spacial score (nSPS) is 16.0. The highest BCUT2D eigenvalue weighted by molar-refractivity contribution is 5.95. The number of piperidine rings is 1. The predicted octanol–water partition coefficient (Wildman–Crippen LogP) is 4.93. The highest BCUT2D eigenvalue weighted by Gasteiger charge is 2.30. The molecule has 0 spiro atoms. The number of amides is 2. The van der Waals surface area contributed by atoms with Gasteiger partial charge in [0.05, 0.1) is 13.0 Å². The first-order valence-electron chi connectivity index (χ1n) is 11.0. The number of fused-ring (bicyclic) bond motifs is 1. The molecule has 3 heterocycles. The van der Waals surface area contributed by atoms with Gasteiger partial charge >= 0.3 is 0 Å². The van der Waals surface area contributed by atoms with E-state index in [1.54, 1.807) is 17.0 Å². The molecule has 1 atom stereocenters. The lowest BCUT2D eigenvalue weighted by molar-refractivity contribution is -0.121. The van der Waals surface area contributed by atoms with E-state index in [2.05, 4.69) is 22.4 Å². The molecule has 33 heavy (non-hydrogen) atoms. The third-order valence-electron chi connectivity index (χ3n) is 6.04. The molecule has 2 amide bonds. The number of likely N-dealkylation sites (tertiary alicyclic amines) is 1.